The molecule has 5 nitrogen and oxygen atoms in total. The zero-order valence-corrected chi connectivity index (χ0v) is 15.1. The lowest BCUT2D eigenvalue weighted by Gasteiger charge is -2.33. The number of aliphatic hydroxyl groups excluding tert-OH is 1. The third-order valence-corrected chi connectivity index (χ3v) is 5.02. The van der Waals surface area contributed by atoms with Gasteiger partial charge < -0.3 is 20.6 Å². The molecule has 0 aromatic rings. The van der Waals surface area contributed by atoms with Gasteiger partial charge in [0.25, 0.3) is 0 Å². The van der Waals surface area contributed by atoms with Gasteiger partial charge in [-0.15, -0.1) is 0 Å². The molecule has 1 saturated heterocycles. The quantitative estimate of drug-likeness (QED) is 0.448. The van der Waals surface area contributed by atoms with E-state index in [1.807, 2.05) is 0 Å². The number of likely N-dealkylation sites (tertiary alicyclic amines) is 1. The number of hydrogen-bond acceptors (Lipinski definition) is 3. The second-order valence-corrected chi connectivity index (χ2v) is 7.07. The first kappa shape index (κ1) is 18.5. The molecule has 5 heteroatoms. The van der Waals surface area contributed by atoms with E-state index >= 15 is 0 Å². The van der Waals surface area contributed by atoms with Gasteiger partial charge in [-0.05, 0) is 51.4 Å². The fourth-order valence-electron chi connectivity index (χ4n) is 3.50. The van der Waals surface area contributed by atoms with Gasteiger partial charge >= 0.3 is 0 Å². The van der Waals surface area contributed by atoms with Crippen molar-refractivity contribution in [3.8, 4) is 0 Å². The van der Waals surface area contributed by atoms with E-state index in [-0.39, 0.29) is 6.61 Å². The Labute approximate surface area is 141 Å². The van der Waals surface area contributed by atoms with Gasteiger partial charge in [-0.2, -0.15) is 0 Å². The molecule has 1 aliphatic carbocycles. The lowest BCUT2D eigenvalue weighted by Crippen LogP contribution is -2.49. The summed E-state index contributed by atoms with van der Waals surface area (Å²) < 4.78 is 0. The second kappa shape index (κ2) is 10.1. The predicted molar refractivity (Wildman–Crippen MR) is 96.8 cm³/mol. The molecule has 2 rings (SSSR count). The number of nitrogens with one attached hydrogen (secondary N) is 2. The van der Waals surface area contributed by atoms with Crippen molar-refractivity contribution in [2.24, 2.45) is 10.9 Å². The maximum atomic E-state index is 9.18. The Morgan fingerprint density at radius 3 is 2.48 bits per heavy atom. The lowest BCUT2D eigenvalue weighted by atomic mass is 10.0. The Balaban J connectivity index is 1.78. The van der Waals surface area contributed by atoms with Crippen LogP contribution in [-0.2, 0) is 0 Å². The fraction of sp³-hybridized carbons (Fsp3) is 0.944. The largest absolute Gasteiger partial charge is 0.396 e. The van der Waals surface area contributed by atoms with Crippen LogP contribution in [0, 0.1) is 5.92 Å². The summed E-state index contributed by atoms with van der Waals surface area (Å²) in [4.78, 5) is 7.43. The van der Waals surface area contributed by atoms with E-state index in [9.17, 15) is 5.11 Å². The summed E-state index contributed by atoms with van der Waals surface area (Å²) in [6.07, 6.45) is 8.41. The van der Waals surface area contributed by atoms with Gasteiger partial charge in [-0.1, -0.05) is 13.3 Å². The van der Waals surface area contributed by atoms with E-state index in [0.29, 0.717) is 12.0 Å². The van der Waals surface area contributed by atoms with Crippen LogP contribution in [0.2, 0.25) is 0 Å². The molecule has 1 heterocycles. The van der Waals surface area contributed by atoms with E-state index in [1.165, 1.54) is 38.8 Å². The maximum absolute atomic E-state index is 9.18. The van der Waals surface area contributed by atoms with Crippen LogP contribution in [0.5, 0.6) is 0 Å². The minimum absolute atomic E-state index is 0.268. The number of piperidine rings is 1. The number of guanidine groups is 1. The van der Waals surface area contributed by atoms with Crippen LogP contribution in [0.25, 0.3) is 0 Å². The molecule has 23 heavy (non-hydrogen) atoms. The van der Waals surface area contributed by atoms with E-state index in [4.69, 9.17) is 4.99 Å². The molecule has 0 amide bonds. The fourth-order valence-corrected chi connectivity index (χ4v) is 3.50. The smallest absolute Gasteiger partial charge is 0.191 e. The number of aliphatic imine (C=N–C) groups is 1. The highest BCUT2D eigenvalue weighted by Crippen LogP contribution is 2.29. The average Bonchev–Trinajstić information content (AvgIpc) is 3.39. The molecule has 0 bridgehead atoms. The number of aliphatic hydroxyl groups is 1. The molecule has 1 aliphatic heterocycles. The molecule has 0 spiro atoms. The van der Waals surface area contributed by atoms with Gasteiger partial charge in [0.05, 0.1) is 0 Å². The van der Waals surface area contributed by atoms with Crippen LogP contribution in [0.4, 0.5) is 0 Å². The topological polar surface area (TPSA) is 59.9 Å². The highest BCUT2D eigenvalue weighted by atomic mass is 16.3. The molecule has 0 radical (unpaired) electrons. The van der Waals surface area contributed by atoms with Crippen LogP contribution in [0.3, 0.4) is 0 Å². The summed E-state index contributed by atoms with van der Waals surface area (Å²) in [5.41, 5.74) is 0. The van der Waals surface area contributed by atoms with Gasteiger partial charge in [-0.25, -0.2) is 0 Å². The zero-order chi connectivity index (χ0) is 16.5. The summed E-state index contributed by atoms with van der Waals surface area (Å²) >= 11 is 0. The van der Waals surface area contributed by atoms with Crippen molar-refractivity contribution in [2.45, 2.75) is 70.9 Å². The highest BCUT2D eigenvalue weighted by molar-refractivity contribution is 5.80. The number of nitrogens with zero attached hydrogens (tertiary/aromatic N) is 2. The molecule has 2 aliphatic rings. The van der Waals surface area contributed by atoms with Gasteiger partial charge in [-0.3, -0.25) is 4.99 Å². The Morgan fingerprint density at radius 2 is 1.91 bits per heavy atom. The van der Waals surface area contributed by atoms with Crippen molar-refractivity contribution >= 4 is 5.96 Å². The second-order valence-electron chi connectivity index (χ2n) is 7.07. The lowest BCUT2D eigenvalue weighted by molar-refractivity contribution is 0.197. The standard InChI is InChI=1S/C18H36N4O/c1-3-5-15(10-13-23)14-20-18(19-4-2)21-16-8-11-22(12-9-16)17-6-7-17/h15-17,23H,3-14H2,1-2H3,(H2,19,20,21). The van der Waals surface area contributed by atoms with E-state index in [0.717, 1.165) is 44.4 Å². The minimum atomic E-state index is 0.268. The third-order valence-electron chi connectivity index (χ3n) is 5.02. The first-order chi connectivity index (χ1) is 11.3. The Kier molecular flexibility index (Phi) is 8.17. The van der Waals surface area contributed by atoms with Crippen molar-refractivity contribution in [3.05, 3.63) is 0 Å². The van der Waals surface area contributed by atoms with Crippen molar-refractivity contribution in [3.63, 3.8) is 0 Å². The van der Waals surface area contributed by atoms with Crippen LogP contribution >= 0.6 is 0 Å². The van der Waals surface area contributed by atoms with E-state index < -0.39 is 0 Å². The Morgan fingerprint density at radius 1 is 1.17 bits per heavy atom. The summed E-state index contributed by atoms with van der Waals surface area (Å²) in [6, 6.07) is 1.44. The molecule has 2 fully saturated rings. The van der Waals surface area contributed by atoms with Gasteiger partial charge in [0, 0.05) is 44.9 Å². The molecule has 1 atom stereocenters. The first-order valence-corrected chi connectivity index (χ1v) is 9.66. The van der Waals surface area contributed by atoms with E-state index in [1.54, 1.807) is 0 Å². The Hall–Kier alpha value is -0.810. The van der Waals surface area contributed by atoms with E-state index in [2.05, 4.69) is 29.4 Å². The highest BCUT2D eigenvalue weighted by Gasteiger charge is 2.31. The van der Waals surface area contributed by atoms with Crippen molar-refractivity contribution in [2.75, 3.05) is 32.8 Å². The van der Waals surface area contributed by atoms with Gasteiger partial charge in [0.15, 0.2) is 5.96 Å². The number of rotatable bonds is 9. The summed E-state index contributed by atoms with van der Waals surface area (Å²) in [5.74, 6) is 1.45. The van der Waals surface area contributed by atoms with Crippen molar-refractivity contribution in [1.82, 2.24) is 15.5 Å². The summed E-state index contributed by atoms with van der Waals surface area (Å²) in [6.45, 7) is 8.74. The molecule has 1 unspecified atom stereocenters. The minimum Gasteiger partial charge on any atom is -0.396 e. The predicted octanol–water partition coefficient (Wildman–Crippen LogP) is 1.97. The van der Waals surface area contributed by atoms with Gasteiger partial charge in [0.1, 0.15) is 0 Å². The van der Waals surface area contributed by atoms with Crippen molar-refractivity contribution < 1.29 is 5.11 Å². The van der Waals surface area contributed by atoms with Crippen LogP contribution in [0.1, 0.15) is 58.8 Å². The van der Waals surface area contributed by atoms with Crippen LogP contribution < -0.4 is 10.6 Å². The Bertz CT molecular complexity index is 343. The monoisotopic (exact) mass is 324 g/mol. The van der Waals surface area contributed by atoms with Crippen molar-refractivity contribution in [1.29, 1.82) is 0 Å². The molecule has 0 aromatic heterocycles. The number of hydrogen-bond donors (Lipinski definition) is 3. The van der Waals surface area contributed by atoms with Crippen LogP contribution in [-0.4, -0.2) is 60.8 Å². The third kappa shape index (κ3) is 6.68. The average molecular weight is 325 g/mol. The summed E-state index contributed by atoms with van der Waals surface area (Å²) in [7, 11) is 0. The normalized spacial score (nSPS) is 22.1. The molecule has 134 valence electrons. The molecular weight excluding hydrogens is 288 g/mol. The zero-order valence-electron chi connectivity index (χ0n) is 15.1. The van der Waals surface area contributed by atoms with Crippen LogP contribution in [0.15, 0.2) is 4.99 Å². The first-order valence-electron chi connectivity index (χ1n) is 9.66. The summed E-state index contributed by atoms with van der Waals surface area (Å²) in [5, 5.41) is 16.2. The van der Waals surface area contributed by atoms with Gasteiger partial charge in [0.2, 0.25) is 0 Å². The molecule has 3 N–H and O–H groups in total. The molecule has 0 aromatic carbocycles. The SMILES string of the molecule is CCCC(CCO)CN=C(NCC)NC1CCN(C2CC2)CC1. The molecular formula is C18H36N4O. The molecule has 1 saturated carbocycles. The maximum Gasteiger partial charge on any atom is 0.191 e.